The number of hydrogen-bond acceptors (Lipinski definition) is 11. The lowest BCUT2D eigenvalue weighted by atomic mass is 9.96. The van der Waals surface area contributed by atoms with Gasteiger partial charge in [-0.15, -0.1) is 11.3 Å². The molecule has 0 amide bonds. The smallest absolute Gasteiger partial charge is 0.319 e. The number of aromatic nitrogens is 3. The number of halogens is 2. The van der Waals surface area contributed by atoms with E-state index in [-0.39, 0.29) is 52.1 Å². The Morgan fingerprint density at radius 2 is 2.07 bits per heavy atom. The third-order valence-electron chi connectivity index (χ3n) is 8.78. The van der Waals surface area contributed by atoms with Crippen molar-refractivity contribution in [1.29, 1.82) is 5.26 Å². The zero-order chi connectivity index (χ0) is 31.4. The molecule has 1 fully saturated rings. The average molecular weight is 645 g/mol. The second kappa shape index (κ2) is 11.5. The summed E-state index contributed by atoms with van der Waals surface area (Å²) in [7, 11) is 2.06. The maximum Gasteiger partial charge on any atom is 0.319 e. The number of rotatable bonds is 6. The van der Waals surface area contributed by atoms with Gasteiger partial charge in [0.1, 0.15) is 41.4 Å². The van der Waals surface area contributed by atoms with E-state index in [1.807, 2.05) is 30.0 Å². The molecule has 10 nitrogen and oxygen atoms in total. The van der Waals surface area contributed by atoms with Crippen molar-refractivity contribution in [3.63, 3.8) is 0 Å². The van der Waals surface area contributed by atoms with Crippen LogP contribution < -0.4 is 25.8 Å². The molecule has 0 spiro atoms. The first-order valence-corrected chi connectivity index (χ1v) is 15.8. The van der Waals surface area contributed by atoms with Crippen LogP contribution in [0.5, 0.6) is 11.8 Å². The molecule has 5 heterocycles. The van der Waals surface area contributed by atoms with Crippen LogP contribution in [-0.2, 0) is 0 Å². The van der Waals surface area contributed by atoms with E-state index in [1.165, 1.54) is 11.3 Å². The minimum Gasteiger partial charge on any atom is -0.489 e. The molecule has 4 N–H and O–H groups in total. The van der Waals surface area contributed by atoms with Crippen LogP contribution in [0, 0.1) is 17.1 Å². The summed E-state index contributed by atoms with van der Waals surface area (Å²) in [6, 6.07) is 11.2. The van der Waals surface area contributed by atoms with Crippen LogP contribution in [-0.4, -0.2) is 59.2 Å². The zero-order valence-electron chi connectivity index (χ0n) is 24.7. The van der Waals surface area contributed by atoms with Crippen LogP contribution in [0.2, 0.25) is 5.02 Å². The number of fused-ring (bicyclic) bond motifs is 1. The highest BCUT2D eigenvalue weighted by Gasteiger charge is 2.33. The highest BCUT2D eigenvalue weighted by molar-refractivity contribution is 7.23. The summed E-state index contributed by atoms with van der Waals surface area (Å²) >= 11 is 8.33. The monoisotopic (exact) mass is 644 g/mol. The Morgan fingerprint density at radius 1 is 1.22 bits per heavy atom. The molecule has 2 atom stereocenters. The van der Waals surface area contributed by atoms with Crippen molar-refractivity contribution in [2.24, 2.45) is 0 Å². The van der Waals surface area contributed by atoms with Crippen LogP contribution >= 0.6 is 22.9 Å². The third-order valence-corrected chi connectivity index (χ3v) is 10.1. The molecule has 0 bridgehead atoms. The van der Waals surface area contributed by atoms with Crippen LogP contribution in [0.1, 0.15) is 36.9 Å². The van der Waals surface area contributed by atoms with E-state index in [2.05, 4.69) is 28.0 Å². The Labute approximate surface area is 267 Å². The lowest BCUT2D eigenvalue weighted by Gasteiger charge is -2.30. The summed E-state index contributed by atoms with van der Waals surface area (Å²) in [4.78, 5) is 18.0. The standard InChI is InChI=1S/C32H30ClFN8O2S/c1-16(18-8-4-10-38-29(18)36)42-12-13-43-28-24-27(39-32(40-31(24)42)44-15-17-6-5-11-41(17)2)26(34)23(25(28)33)19-7-3-9-21-22(19)20(14-35)30(37)45-21/h3-4,7-10,16-17H,5-6,11-13,15,37H2,1-2H3,(H2,36,38)/t16-,17+/m1/s1. The minimum absolute atomic E-state index is 0.00106. The summed E-state index contributed by atoms with van der Waals surface area (Å²) in [5.74, 6) is 0.386. The molecule has 2 aliphatic rings. The maximum atomic E-state index is 17.1. The third kappa shape index (κ3) is 4.82. The van der Waals surface area contributed by atoms with Gasteiger partial charge in [0.05, 0.1) is 28.6 Å². The van der Waals surface area contributed by atoms with Crippen LogP contribution in [0.3, 0.4) is 0 Å². The predicted molar refractivity (Wildman–Crippen MR) is 176 cm³/mol. The van der Waals surface area contributed by atoms with Gasteiger partial charge in [-0.25, -0.2) is 9.37 Å². The van der Waals surface area contributed by atoms with Gasteiger partial charge in [-0.05, 0) is 51.1 Å². The van der Waals surface area contributed by atoms with E-state index in [9.17, 15) is 5.26 Å². The number of likely N-dealkylation sites (tertiary alicyclic amines) is 1. The molecule has 0 aliphatic carbocycles. The number of anilines is 3. The number of likely N-dealkylation sites (N-methyl/N-ethyl adjacent to an activating group) is 1. The quantitative estimate of drug-likeness (QED) is 0.221. The first kappa shape index (κ1) is 29.3. The normalized spacial score (nSPS) is 17.3. The number of nitriles is 1. The Morgan fingerprint density at radius 3 is 2.82 bits per heavy atom. The molecule has 230 valence electrons. The number of hydrogen-bond donors (Lipinski definition) is 2. The predicted octanol–water partition coefficient (Wildman–Crippen LogP) is 6.17. The summed E-state index contributed by atoms with van der Waals surface area (Å²) in [6.45, 7) is 3.94. The fourth-order valence-corrected chi connectivity index (χ4v) is 7.69. The highest BCUT2D eigenvalue weighted by Crippen LogP contribution is 2.51. The van der Waals surface area contributed by atoms with Crippen molar-refractivity contribution >= 4 is 60.6 Å². The molecular weight excluding hydrogens is 615 g/mol. The van der Waals surface area contributed by atoms with Crippen LogP contribution in [0.25, 0.3) is 32.1 Å². The Hall–Kier alpha value is -4.44. The number of nitrogen functional groups attached to an aromatic ring is 2. The second-order valence-electron chi connectivity index (χ2n) is 11.3. The molecular formula is C32H30ClFN8O2S. The number of ether oxygens (including phenoxy) is 2. The lowest BCUT2D eigenvalue weighted by Crippen LogP contribution is -2.32. The molecule has 45 heavy (non-hydrogen) atoms. The van der Waals surface area contributed by atoms with Gasteiger partial charge in [-0.3, -0.25) is 0 Å². The van der Waals surface area contributed by atoms with Crippen molar-refractivity contribution in [2.45, 2.75) is 31.8 Å². The van der Waals surface area contributed by atoms with E-state index in [1.54, 1.807) is 18.3 Å². The molecule has 0 unspecified atom stereocenters. The first-order valence-electron chi connectivity index (χ1n) is 14.7. The van der Waals surface area contributed by atoms with Gasteiger partial charge in [0.15, 0.2) is 11.6 Å². The molecule has 3 aromatic heterocycles. The highest BCUT2D eigenvalue weighted by atomic mass is 35.5. The summed E-state index contributed by atoms with van der Waals surface area (Å²) in [5.41, 5.74) is 14.0. The van der Waals surface area contributed by atoms with Gasteiger partial charge in [0.25, 0.3) is 0 Å². The van der Waals surface area contributed by atoms with Crippen LogP contribution in [0.15, 0.2) is 36.5 Å². The topological polar surface area (TPSA) is 139 Å². The molecule has 0 saturated carbocycles. The lowest BCUT2D eigenvalue weighted by molar-refractivity contribution is 0.188. The fraction of sp³-hybridized carbons (Fsp3) is 0.312. The number of pyridine rings is 1. The van der Waals surface area contributed by atoms with Gasteiger partial charge in [-0.2, -0.15) is 15.2 Å². The van der Waals surface area contributed by atoms with Gasteiger partial charge in [-0.1, -0.05) is 29.8 Å². The molecule has 0 radical (unpaired) electrons. The molecule has 2 aliphatic heterocycles. The number of nitrogens with zero attached hydrogens (tertiary/aromatic N) is 6. The molecule has 1 saturated heterocycles. The van der Waals surface area contributed by atoms with Gasteiger partial charge >= 0.3 is 6.01 Å². The van der Waals surface area contributed by atoms with Crippen LogP contribution in [0.4, 0.5) is 21.0 Å². The van der Waals surface area contributed by atoms with E-state index >= 15 is 4.39 Å². The van der Waals surface area contributed by atoms with E-state index in [0.717, 1.165) is 29.6 Å². The number of thiophene rings is 1. The number of benzene rings is 2. The van der Waals surface area contributed by atoms with Crippen molar-refractivity contribution in [1.82, 2.24) is 19.9 Å². The second-order valence-corrected chi connectivity index (χ2v) is 12.8. The SMILES string of the molecule is C[C@H](c1cccnc1N)N1CCOc2c(Cl)c(-c3cccc4sc(N)c(C#N)c34)c(F)c3nc(OC[C@@H]4CCCN4C)nc1c23. The first-order chi connectivity index (χ1) is 21.8. The largest absolute Gasteiger partial charge is 0.489 e. The summed E-state index contributed by atoms with van der Waals surface area (Å²) in [6.07, 6.45) is 3.70. The van der Waals surface area contributed by atoms with E-state index in [0.29, 0.717) is 46.1 Å². The van der Waals surface area contributed by atoms with E-state index in [4.69, 9.17) is 37.5 Å². The van der Waals surface area contributed by atoms with Crippen molar-refractivity contribution in [3.05, 3.63) is 58.5 Å². The average Bonchev–Trinajstić information content (AvgIpc) is 3.53. The number of nitrogens with two attached hydrogens (primary N) is 2. The fourth-order valence-electron chi connectivity index (χ4n) is 6.41. The van der Waals surface area contributed by atoms with Crippen molar-refractivity contribution in [2.75, 3.05) is 49.7 Å². The Bertz CT molecular complexity index is 2010. The van der Waals surface area contributed by atoms with Gasteiger partial charge in [0, 0.05) is 33.5 Å². The van der Waals surface area contributed by atoms with E-state index < -0.39 is 5.82 Å². The molecule has 5 aromatic rings. The molecule has 13 heteroatoms. The molecule has 7 rings (SSSR count). The van der Waals surface area contributed by atoms with Gasteiger partial charge < -0.3 is 30.7 Å². The summed E-state index contributed by atoms with van der Waals surface area (Å²) in [5, 5.41) is 11.2. The summed E-state index contributed by atoms with van der Waals surface area (Å²) < 4.78 is 30.3. The van der Waals surface area contributed by atoms with Crippen molar-refractivity contribution < 1.29 is 13.9 Å². The molecule has 2 aromatic carbocycles. The Kier molecular flexibility index (Phi) is 7.47. The minimum atomic E-state index is -0.676. The maximum absolute atomic E-state index is 17.1. The Balaban J connectivity index is 1.47. The zero-order valence-corrected chi connectivity index (χ0v) is 26.3. The van der Waals surface area contributed by atoms with Gasteiger partial charge in [0.2, 0.25) is 0 Å². The van der Waals surface area contributed by atoms with Crippen molar-refractivity contribution in [3.8, 4) is 29.0 Å².